The third-order valence-electron chi connectivity index (χ3n) is 3.13. The number of hydrogen-bond donors (Lipinski definition) is 2. The molecule has 0 fully saturated rings. The molecule has 1 aromatic heterocycles. The lowest BCUT2D eigenvalue weighted by atomic mass is 10.2. The van der Waals surface area contributed by atoms with Crippen LogP contribution in [0.5, 0.6) is 0 Å². The zero-order valence-electron chi connectivity index (χ0n) is 13.5. The van der Waals surface area contributed by atoms with E-state index in [1.54, 1.807) is 12.3 Å². The van der Waals surface area contributed by atoms with E-state index in [0.717, 1.165) is 10.4 Å². The molecule has 2 aromatic rings. The molecule has 0 bridgehead atoms. The quantitative estimate of drug-likeness (QED) is 0.759. The normalized spacial score (nSPS) is 10.0. The monoisotopic (exact) mass is 344 g/mol. The Bertz CT molecular complexity index is 700. The first kappa shape index (κ1) is 17.7. The van der Waals surface area contributed by atoms with Crippen LogP contribution in [0.25, 0.3) is 0 Å². The Morgan fingerprint density at radius 2 is 2.08 bits per heavy atom. The molecule has 0 radical (unpaired) electrons. The number of anilines is 1. The molecule has 6 nitrogen and oxygen atoms in total. The highest BCUT2D eigenvalue weighted by atomic mass is 32.1. The van der Waals surface area contributed by atoms with Gasteiger partial charge in [0.25, 0.3) is 0 Å². The van der Waals surface area contributed by atoms with E-state index >= 15 is 0 Å². The highest BCUT2D eigenvalue weighted by molar-refractivity contribution is 7.15. The summed E-state index contributed by atoms with van der Waals surface area (Å²) in [5.41, 5.74) is 0.993. The van der Waals surface area contributed by atoms with Gasteiger partial charge in [0.2, 0.25) is 5.91 Å². The Morgan fingerprint density at radius 3 is 2.71 bits per heavy atom. The number of hydrogen-bond acceptors (Lipinski definition) is 4. The second-order valence-corrected chi connectivity index (χ2v) is 6.37. The van der Waals surface area contributed by atoms with Crippen molar-refractivity contribution in [1.82, 2.24) is 15.2 Å². The van der Waals surface area contributed by atoms with Crippen molar-refractivity contribution in [3.05, 3.63) is 59.6 Å². The van der Waals surface area contributed by atoms with E-state index in [1.165, 1.54) is 16.2 Å². The van der Waals surface area contributed by atoms with Crippen LogP contribution >= 0.6 is 11.3 Å². The lowest BCUT2D eigenvalue weighted by Crippen LogP contribution is -2.43. The first-order chi connectivity index (χ1) is 11.6. The van der Waals surface area contributed by atoms with E-state index in [9.17, 15) is 9.59 Å². The Kier molecular flexibility index (Phi) is 6.51. The zero-order chi connectivity index (χ0) is 17.4. The van der Waals surface area contributed by atoms with Gasteiger partial charge >= 0.3 is 6.03 Å². The molecule has 1 heterocycles. The molecule has 0 aliphatic rings. The molecule has 24 heavy (non-hydrogen) atoms. The molecule has 0 aliphatic heterocycles. The largest absolute Gasteiger partial charge is 0.334 e. The van der Waals surface area contributed by atoms with Crippen LogP contribution in [0.4, 0.5) is 9.93 Å². The lowest BCUT2D eigenvalue weighted by Gasteiger charge is -2.20. The van der Waals surface area contributed by atoms with Gasteiger partial charge in [-0.1, -0.05) is 36.4 Å². The minimum Gasteiger partial charge on any atom is -0.334 e. The minimum atomic E-state index is -0.316. The van der Waals surface area contributed by atoms with E-state index in [0.29, 0.717) is 11.7 Å². The number of aromatic nitrogens is 1. The van der Waals surface area contributed by atoms with Crippen LogP contribution in [0.2, 0.25) is 0 Å². The number of rotatable bonds is 7. The van der Waals surface area contributed by atoms with E-state index in [4.69, 9.17) is 0 Å². The van der Waals surface area contributed by atoms with Crippen molar-refractivity contribution in [3.63, 3.8) is 0 Å². The Morgan fingerprint density at radius 1 is 1.33 bits per heavy atom. The molecule has 0 spiro atoms. The van der Waals surface area contributed by atoms with Crippen LogP contribution in [0.3, 0.4) is 0 Å². The first-order valence-corrected chi connectivity index (χ1v) is 8.30. The summed E-state index contributed by atoms with van der Waals surface area (Å²) < 4.78 is 0. The maximum atomic E-state index is 12.3. The van der Waals surface area contributed by atoms with Gasteiger partial charge in [0.1, 0.15) is 6.54 Å². The molecule has 0 saturated heterocycles. The third kappa shape index (κ3) is 5.51. The number of nitrogens with one attached hydrogen (secondary N) is 2. The van der Waals surface area contributed by atoms with E-state index in [2.05, 4.69) is 22.2 Å². The summed E-state index contributed by atoms with van der Waals surface area (Å²) in [6.45, 7) is 6.17. The Hall–Kier alpha value is -2.67. The summed E-state index contributed by atoms with van der Waals surface area (Å²) in [6, 6.07) is 9.27. The van der Waals surface area contributed by atoms with Crippen molar-refractivity contribution < 1.29 is 9.59 Å². The van der Waals surface area contributed by atoms with Gasteiger partial charge in [-0.05, 0) is 12.5 Å². The second kappa shape index (κ2) is 8.83. The fourth-order valence-corrected chi connectivity index (χ4v) is 2.69. The molecule has 126 valence electrons. The van der Waals surface area contributed by atoms with Crippen LogP contribution < -0.4 is 10.6 Å². The first-order valence-electron chi connectivity index (χ1n) is 7.48. The van der Waals surface area contributed by atoms with Crippen LogP contribution in [0.1, 0.15) is 10.4 Å². The molecule has 0 unspecified atom stereocenters. The van der Waals surface area contributed by atoms with Crippen molar-refractivity contribution >= 4 is 28.4 Å². The third-order valence-corrected chi connectivity index (χ3v) is 3.95. The SMILES string of the molecule is C=CCN(CC(=O)Nc1ncc(C)s1)C(=O)NCc1ccccc1. The fourth-order valence-electron chi connectivity index (χ4n) is 2.01. The van der Waals surface area contributed by atoms with Gasteiger partial charge in [-0.3, -0.25) is 4.79 Å². The molecular weight excluding hydrogens is 324 g/mol. The average Bonchev–Trinajstić information content (AvgIpc) is 2.98. The van der Waals surface area contributed by atoms with Crippen molar-refractivity contribution in [2.75, 3.05) is 18.4 Å². The highest BCUT2D eigenvalue weighted by Gasteiger charge is 2.16. The lowest BCUT2D eigenvalue weighted by molar-refractivity contribution is -0.116. The number of aryl methyl sites for hydroxylation is 1. The maximum absolute atomic E-state index is 12.3. The Labute approximate surface area is 145 Å². The van der Waals surface area contributed by atoms with Crippen LogP contribution in [0, 0.1) is 6.92 Å². The summed E-state index contributed by atoms with van der Waals surface area (Å²) >= 11 is 1.39. The van der Waals surface area contributed by atoms with Gasteiger partial charge in [0.15, 0.2) is 5.13 Å². The Balaban J connectivity index is 1.88. The predicted molar refractivity (Wildman–Crippen MR) is 95.9 cm³/mol. The van der Waals surface area contributed by atoms with E-state index in [1.807, 2.05) is 37.3 Å². The van der Waals surface area contributed by atoms with Crippen LogP contribution in [-0.4, -0.2) is 34.9 Å². The topological polar surface area (TPSA) is 74.3 Å². The molecule has 0 saturated carbocycles. The molecule has 0 aliphatic carbocycles. The van der Waals surface area contributed by atoms with Gasteiger partial charge in [0.05, 0.1) is 0 Å². The van der Waals surface area contributed by atoms with Crippen LogP contribution in [-0.2, 0) is 11.3 Å². The summed E-state index contributed by atoms with van der Waals surface area (Å²) in [7, 11) is 0. The number of carbonyl (C=O) groups is 2. The maximum Gasteiger partial charge on any atom is 0.318 e. The van der Waals surface area contributed by atoms with Gasteiger partial charge in [0, 0.05) is 24.2 Å². The van der Waals surface area contributed by atoms with Crippen molar-refractivity contribution in [3.8, 4) is 0 Å². The summed E-state index contributed by atoms with van der Waals surface area (Å²) in [6.07, 6.45) is 3.28. The number of thiazole rings is 1. The molecule has 2 N–H and O–H groups in total. The number of amides is 3. The molecule has 7 heteroatoms. The average molecular weight is 344 g/mol. The smallest absolute Gasteiger partial charge is 0.318 e. The molecular formula is C17H20N4O2S. The van der Waals surface area contributed by atoms with Gasteiger partial charge in [-0.2, -0.15) is 0 Å². The summed E-state index contributed by atoms with van der Waals surface area (Å²) in [4.78, 5) is 30.8. The van der Waals surface area contributed by atoms with Crippen molar-refractivity contribution in [2.24, 2.45) is 0 Å². The second-order valence-electron chi connectivity index (χ2n) is 5.14. The highest BCUT2D eigenvalue weighted by Crippen LogP contribution is 2.16. The predicted octanol–water partition coefficient (Wildman–Crippen LogP) is 2.79. The molecule has 2 rings (SSSR count). The van der Waals surface area contributed by atoms with Crippen molar-refractivity contribution in [2.45, 2.75) is 13.5 Å². The number of carbonyl (C=O) groups excluding carboxylic acids is 2. The number of nitrogens with zero attached hydrogens (tertiary/aromatic N) is 2. The summed E-state index contributed by atoms with van der Waals surface area (Å²) in [5.74, 6) is -0.291. The van der Waals surface area contributed by atoms with Crippen LogP contribution in [0.15, 0.2) is 49.2 Å². The fraction of sp³-hybridized carbons (Fsp3) is 0.235. The van der Waals surface area contributed by atoms with E-state index < -0.39 is 0 Å². The van der Waals surface area contributed by atoms with Crippen molar-refractivity contribution in [1.29, 1.82) is 0 Å². The standard InChI is InChI=1S/C17H20N4O2S/c1-3-9-21(12-15(22)20-16-18-10-13(2)24-16)17(23)19-11-14-7-5-4-6-8-14/h3-8,10H,1,9,11-12H2,2H3,(H,19,23)(H,18,20,22). The number of urea groups is 1. The van der Waals surface area contributed by atoms with E-state index in [-0.39, 0.29) is 25.0 Å². The van der Waals surface area contributed by atoms with Gasteiger partial charge < -0.3 is 15.5 Å². The molecule has 1 aromatic carbocycles. The number of benzene rings is 1. The molecule has 0 atom stereocenters. The van der Waals surface area contributed by atoms with Gasteiger partial charge in [-0.15, -0.1) is 17.9 Å². The summed E-state index contributed by atoms with van der Waals surface area (Å²) in [5, 5.41) is 6.02. The van der Waals surface area contributed by atoms with Gasteiger partial charge in [-0.25, -0.2) is 9.78 Å². The zero-order valence-corrected chi connectivity index (χ0v) is 14.3. The minimum absolute atomic E-state index is 0.0642. The molecule has 3 amide bonds.